The predicted octanol–water partition coefficient (Wildman–Crippen LogP) is 4.77. The summed E-state index contributed by atoms with van der Waals surface area (Å²) in [4.78, 5) is 43.9. The number of esters is 1. The summed E-state index contributed by atoms with van der Waals surface area (Å²) in [5, 5.41) is 11.7. The van der Waals surface area contributed by atoms with Gasteiger partial charge in [0.25, 0.3) is 5.91 Å². The fourth-order valence-corrected chi connectivity index (χ4v) is 3.30. The zero-order chi connectivity index (χ0) is 23.5. The number of aromatic carboxylic acids is 1. The van der Waals surface area contributed by atoms with Gasteiger partial charge in [-0.3, -0.25) is 4.79 Å². The average molecular weight is 464 g/mol. The van der Waals surface area contributed by atoms with E-state index in [1.807, 2.05) is 30.3 Å². The Balaban J connectivity index is 1.46. The van der Waals surface area contributed by atoms with Crippen molar-refractivity contribution < 1.29 is 24.2 Å². The number of hydrogen-bond acceptors (Lipinski definition) is 5. The third-order valence-electron chi connectivity index (χ3n) is 4.89. The minimum Gasteiger partial charge on any atom is -0.478 e. The second kappa shape index (κ2) is 9.13. The molecule has 1 atom stereocenters. The van der Waals surface area contributed by atoms with Crippen LogP contribution in [-0.2, 0) is 9.53 Å². The van der Waals surface area contributed by atoms with Gasteiger partial charge in [0, 0.05) is 5.56 Å². The van der Waals surface area contributed by atoms with Crippen LogP contribution < -0.4 is 5.32 Å². The van der Waals surface area contributed by atoms with Crippen LogP contribution in [0.5, 0.6) is 0 Å². The normalized spacial score (nSPS) is 11.7. The third-order valence-corrected chi connectivity index (χ3v) is 5.22. The number of benzene rings is 3. The first kappa shape index (κ1) is 22.0. The Hall–Kier alpha value is -4.17. The van der Waals surface area contributed by atoms with Gasteiger partial charge in [0.1, 0.15) is 5.82 Å². The molecule has 0 aliphatic rings. The van der Waals surface area contributed by atoms with Crippen molar-refractivity contribution in [2.24, 2.45) is 0 Å². The van der Waals surface area contributed by atoms with Crippen LogP contribution in [0, 0.1) is 0 Å². The number of hydrogen-bond donors (Lipinski definition) is 3. The lowest BCUT2D eigenvalue weighted by molar-refractivity contribution is -0.123. The molecule has 1 unspecified atom stereocenters. The number of carbonyl (C=O) groups excluding carboxylic acids is 2. The van der Waals surface area contributed by atoms with Crippen molar-refractivity contribution in [3.8, 4) is 11.4 Å². The number of halogens is 1. The highest BCUT2D eigenvalue weighted by molar-refractivity contribution is 6.34. The topological polar surface area (TPSA) is 121 Å². The Morgan fingerprint density at radius 3 is 2.48 bits per heavy atom. The standard InChI is InChI=1S/C24H18ClN3O5/c1-13(22(29)28-19-11-15(23(30)31)7-9-17(19)25)33-24(32)16-8-10-18-20(12-16)27-21(26-18)14-5-3-2-4-6-14/h2-13H,1H3,(H,26,27)(H,28,29)(H,30,31). The van der Waals surface area contributed by atoms with Crippen LogP contribution in [-0.4, -0.2) is 39.0 Å². The number of ether oxygens (including phenoxy) is 1. The maximum atomic E-state index is 12.6. The molecule has 0 saturated heterocycles. The number of imidazole rings is 1. The highest BCUT2D eigenvalue weighted by Gasteiger charge is 2.21. The maximum Gasteiger partial charge on any atom is 0.338 e. The van der Waals surface area contributed by atoms with Gasteiger partial charge in [-0.05, 0) is 43.3 Å². The molecule has 0 spiro atoms. The number of amides is 1. The first-order valence-electron chi connectivity index (χ1n) is 9.91. The van der Waals surface area contributed by atoms with Crippen LogP contribution in [0.1, 0.15) is 27.6 Å². The molecule has 9 heteroatoms. The molecule has 0 fully saturated rings. The van der Waals surface area contributed by atoms with E-state index in [0.717, 1.165) is 5.56 Å². The minimum absolute atomic E-state index is 0.0397. The average Bonchev–Trinajstić information content (AvgIpc) is 3.24. The molecule has 0 aliphatic carbocycles. The molecule has 0 bridgehead atoms. The van der Waals surface area contributed by atoms with E-state index in [1.165, 1.54) is 25.1 Å². The molecule has 1 amide bonds. The van der Waals surface area contributed by atoms with Gasteiger partial charge in [0.15, 0.2) is 6.10 Å². The molecule has 1 aromatic heterocycles. The number of aromatic amines is 1. The van der Waals surface area contributed by atoms with Crippen molar-refractivity contribution in [2.45, 2.75) is 13.0 Å². The first-order chi connectivity index (χ1) is 15.8. The number of H-pyrrole nitrogens is 1. The fourth-order valence-electron chi connectivity index (χ4n) is 3.14. The second-order valence-corrected chi connectivity index (χ2v) is 7.63. The zero-order valence-corrected chi connectivity index (χ0v) is 18.1. The number of nitrogens with zero attached hydrogens (tertiary/aromatic N) is 1. The van der Waals surface area contributed by atoms with Gasteiger partial charge < -0.3 is 20.1 Å². The molecule has 3 aromatic carbocycles. The number of carboxylic acids is 1. The summed E-state index contributed by atoms with van der Waals surface area (Å²) in [6.45, 7) is 1.41. The van der Waals surface area contributed by atoms with Gasteiger partial charge in [-0.1, -0.05) is 41.9 Å². The van der Waals surface area contributed by atoms with E-state index in [0.29, 0.717) is 16.9 Å². The Morgan fingerprint density at radius 2 is 1.76 bits per heavy atom. The van der Waals surface area contributed by atoms with Gasteiger partial charge in [-0.25, -0.2) is 14.6 Å². The van der Waals surface area contributed by atoms with Gasteiger partial charge in [0.05, 0.1) is 32.9 Å². The maximum absolute atomic E-state index is 12.6. The Bertz CT molecular complexity index is 1370. The van der Waals surface area contributed by atoms with Crippen molar-refractivity contribution in [3.05, 3.63) is 82.9 Å². The summed E-state index contributed by atoms with van der Waals surface area (Å²) in [6.07, 6.45) is -1.15. The molecule has 0 saturated carbocycles. The highest BCUT2D eigenvalue weighted by atomic mass is 35.5. The smallest absolute Gasteiger partial charge is 0.338 e. The van der Waals surface area contributed by atoms with E-state index in [9.17, 15) is 14.4 Å². The molecule has 33 heavy (non-hydrogen) atoms. The van der Waals surface area contributed by atoms with Gasteiger partial charge in [0.2, 0.25) is 0 Å². The van der Waals surface area contributed by atoms with Crippen molar-refractivity contribution >= 4 is 46.2 Å². The van der Waals surface area contributed by atoms with Crippen molar-refractivity contribution in [2.75, 3.05) is 5.32 Å². The number of rotatable bonds is 6. The lowest BCUT2D eigenvalue weighted by Gasteiger charge is -2.14. The van der Waals surface area contributed by atoms with Gasteiger partial charge in [-0.15, -0.1) is 0 Å². The SMILES string of the molecule is CC(OC(=O)c1ccc2nc(-c3ccccc3)[nH]c2c1)C(=O)Nc1cc(C(=O)O)ccc1Cl. The number of nitrogens with one attached hydrogen (secondary N) is 2. The predicted molar refractivity (Wildman–Crippen MR) is 123 cm³/mol. The Kier molecular flexibility index (Phi) is 6.10. The summed E-state index contributed by atoms with van der Waals surface area (Å²) in [5.74, 6) is -1.84. The summed E-state index contributed by atoms with van der Waals surface area (Å²) >= 11 is 6.03. The van der Waals surface area contributed by atoms with Gasteiger partial charge in [-0.2, -0.15) is 0 Å². The van der Waals surface area contributed by atoms with Crippen molar-refractivity contribution in [1.82, 2.24) is 9.97 Å². The molecule has 8 nitrogen and oxygen atoms in total. The summed E-state index contributed by atoms with van der Waals surface area (Å²) < 4.78 is 5.28. The monoisotopic (exact) mass is 463 g/mol. The number of fused-ring (bicyclic) bond motifs is 1. The van der Waals surface area contributed by atoms with Crippen molar-refractivity contribution in [1.29, 1.82) is 0 Å². The summed E-state index contributed by atoms with van der Waals surface area (Å²) in [6, 6.07) is 18.3. The summed E-state index contributed by atoms with van der Waals surface area (Å²) in [7, 11) is 0. The number of carbonyl (C=O) groups is 3. The van der Waals surface area contributed by atoms with E-state index in [2.05, 4.69) is 15.3 Å². The van der Waals surface area contributed by atoms with E-state index in [-0.39, 0.29) is 21.8 Å². The second-order valence-electron chi connectivity index (χ2n) is 7.22. The Labute approximate surface area is 193 Å². The van der Waals surface area contributed by atoms with Crippen LogP contribution in [0.4, 0.5) is 5.69 Å². The van der Waals surface area contributed by atoms with E-state index in [1.54, 1.807) is 18.2 Å². The molecule has 3 N–H and O–H groups in total. The molecule has 0 radical (unpaired) electrons. The quantitative estimate of drug-likeness (QED) is 0.354. The van der Waals surface area contributed by atoms with Crippen LogP contribution in [0.3, 0.4) is 0 Å². The molecule has 166 valence electrons. The number of carboxylic acid groups (broad SMARTS) is 1. The molecular formula is C24H18ClN3O5. The zero-order valence-electron chi connectivity index (χ0n) is 17.3. The van der Waals surface area contributed by atoms with Crippen LogP contribution in [0.15, 0.2) is 66.7 Å². The molecule has 4 rings (SSSR count). The molecule has 4 aromatic rings. The molecule has 0 aliphatic heterocycles. The number of anilines is 1. The van der Waals surface area contributed by atoms with Crippen LogP contribution in [0.2, 0.25) is 5.02 Å². The van der Waals surface area contributed by atoms with Crippen molar-refractivity contribution in [3.63, 3.8) is 0 Å². The van der Waals surface area contributed by atoms with Crippen LogP contribution >= 0.6 is 11.6 Å². The van der Waals surface area contributed by atoms with E-state index in [4.69, 9.17) is 21.4 Å². The van der Waals surface area contributed by atoms with Gasteiger partial charge >= 0.3 is 11.9 Å². The highest BCUT2D eigenvalue weighted by Crippen LogP contribution is 2.24. The minimum atomic E-state index is -1.16. The summed E-state index contributed by atoms with van der Waals surface area (Å²) in [5.41, 5.74) is 2.56. The largest absolute Gasteiger partial charge is 0.478 e. The molecule has 1 heterocycles. The first-order valence-corrected chi connectivity index (χ1v) is 10.3. The third kappa shape index (κ3) is 4.86. The Morgan fingerprint density at radius 1 is 1.03 bits per heavy atom. The van der Waals surface area contributed by atoms with E-state index < -0.39 is 23.9 Å². The van der Waals surface area contributed by atoms with Crippen LogP contribution in [0.25, 0.3) is 22.4 Å². The number of aromatic nitrogens is 2. The fraction of sp³-hybridized carbons (Fsp3) is 0.0833. The lowest BCUT2D eigenvalue weighted by atomic mass is 10.2. The molecular weight excluding hydrogens is 446 g/mol. The van der Waals surface area contributed by atoms with E-state index >= 15 is 0 Å². The lowest BCUT2D eigenvalue weighted by Crippen LogP contribution is -2.30.